The number of amides is 2. The number of nitrogens with one attached hydrogen (secondary N) is 1. The largest absolute Gasteiger partial charge is 0.453 e. The fraction of sp³-hybridized carbons (Fsp3) is 0.273. The number of hydrogen-bond acceptors (Lipinski definition) is 5. The van der Waals surface area contributed by atoms with Gasteiger partial charge in [-0.3, -0.25) is 14.5 Å². The summed E-state index contributed by atoms with van der Waals surface area (Å²) in [6.45, 7) is 0.936. The molecule has 0 saturated carbocycles. The Labute approximate surface area is 178 Å². The second kappa shape index (κ2) is 8.95. The van der Waals surface area contributed by atoms with Crippen LogP contribution in [0, 0.1) is 5.82 Å². The number of hydrogen-bond donors (Lipinski definition) is 1. The van der Waals surface area contributed by atoms with Crippen molar-refractivity contribution in [3.05, 3.63) is 71.9 Å². The summed E-state index contributed by atoms with van der Waals surface area (Å²) in [6.07, 6.45) is 3.38. The predicted molar refractivity (Wildman–Crippen MR) is 111 cm³/mol. The molecule has 1 fully saturated rings. The maximum Gasteiger partial charge on any atom is 0.407 e. The lowest BCUT2D eigenvalue weighted by Crippen LogP contribution is -2.61. The number of pyridine rings is 1. The molecule has 4 rings (SSSR count). The Morgan fingerprint density at radius 3 is 2.55 bits per heavy atom. The van der Waals surface area contributed by atoms with Gasteiger partial charge in [0.25, 0.3) is 0 Å². The molecule has 160 valence electrons. The number of methoxy groups -OCH3 is 1. The van der Waals surface area contributed by atoms with Gasteiger partial charge in [0.2, 0.25) is 5.91 Å². The average Bonchev–Trinajstić information content (AvgIpc) is 3.14. The van der Waals surface area contributed by atoms with Crippen LogP contribution >= 0.6 is 0 Å². The van der Waals surface area contributed by atoms with Gasteiger partial charge < -0.3 is 15.0 Å². The zero-order valence-corrected chi connectivity index (χ0v) is 17.0. The zero-order chi connectivity index (χ0) is 21.8. The van der Waals surface area contributed by atoms with Crippen LogP contribution in [0.3, 0.4) is 0 Å². The van der Waals surface area contributed by atoms with Crippen LogP contribution in [0.2, 0.25) is 0 Å². The Hall–Kier alpha value is -3.75. The molecule has 0 spiro atoms. The van der Waals surface area contributed by atoms with Crippen LogP contribution in [0.4, 0.5) is 9.18 Å². The van der Waals surface area contributed by atoms with Crippen molar-refractivity contribution in [2.75, 3.05) is 20.2 Å². The van der Waals surface area contributed by atoms with Gasteiger partial charge in [0.15, 0.2) is 0 Å². The van der Waals surface area contributed by atoms with Gasteiger partial charge in [-0.25, -0.2) is 9.18 Å². The minimum absolute atomic E-state index is 0.0759. The molecular weight excluding hydrogens is 401 g/mol. The smallest absolute Gasteiger partial charge is 0.407 e. The standard InChI is InChI=1S/C22H22FN5O3/c1-31-22(30)25-18-12-27(13-18)21(29)14-28-19(10-15-2-4-17(23)5-3-15)11-20(26-28)16-6-8-24-9-7-16/h2-9,11,18H,10,12-14H2,1H3,(H,25,30). The monoisotopic (exact) mass is 423 g/mol. The van der Waals surface area contributed by atoms with E-state index in [2.05, 4.69) is 20.1 Å². The molecule has 1 N–H and O–H groups in total. The molecule has 9 heteroatoms. The third-order valence-corrected chi connectivity index (χ3v) is 5.16. The number of alkyl carbamates (subject to hydrolysis) is 1. The molecule has 0 bridgehead atoms. The summed E-state index contributed by atoms with van der Waals surface area (Å²) in [7, 11) is 1.30. The van der Waals surface area contributed by atoms with E-state index in [1.54, 1.807) is 34.1 Å². The van der Waals surface area contributed by atoms with Crippen molar-refractivity contribution in [3.63, 3.8) is 0 Å². The predicted octanol–water partition coefficient (Wildman–Crippen LogP) is 2.24. The second-order valence-corrected chi connectivity index (χ2v) is 7.35. The van der Waals surface area contributed by atoms with E-state index in [1.807, 2.05) is 18.2 Å². The first-order valence-electron chi connectivity index (χ1n) is 9.85. The summed E-state index contributed by atoms with van der Waals surface area (Å²) in [5.41, 5.74) is 3.40. The van der Waals surface area contributed by atoms with E-state index >= 15 is 0 Å². The SMILES string of the molecule is COC(=O)NC1CN(C(=O)Cn2nc(-c3ccncc3)cc2Cc2ccc(F)cc2)C1. The van der Waals surface area contributed by atoms with Crippen molar-refractivity contribution in [3.8, 4) is 11.3 Å². The summed E-state index contributed by atoms with van der Waals surface area (Å²) in [5.74, 6) is -0.384. The molecule has 2 amide bonds. The topological polar surface area (TPSA) is 89.4 Å². The van der Waals surface area contributed by atoms with Crippen molar-refractivity contribution < 1.29 is 18.7 Å². The van der Waals surface area contributed by atoms with Gasteiger partial charge >= 0.3 is 6.09 Å². The van der Waals surface area contributed by atoms with Gasteiger partial charge in [-0.1, -0.05) is 12.1 Å². The van der Waals surface area contributed by atoms with Crippen molar-refractivity contribution in [2.45, 2.75) is 19.0 Å². The molecule has 31 heavy (non-hydrogen) atoms. The molecule has 2 aromatic heterocycles. The molecule has 1 aliphatic rings. The molecule has 1 aromatic carbocycles. The van der Waals surface area contributed by atoms with Crippen molar-refractivity contribution in [1.29, 1.82) is 0 Å². The van der Waals surface area contributed by atoms with Crippen LogP contribution in [-0.2, 0) is 22.5 Å². The van der Waals surface area contributed by atoms with Crippen LogP contribution in [0.25, 0.3) is 11.3 Å². The zero-order valence-electron chi connectivity index (χ0n) is 17.0. The molecule has 3 heterocycles. The Kier molecular flexibility index (Phi) is 5.92. The van der Waals surface area contributed by atoms with E-state index in [9.17, 15) is 14.0 Å². The normalized spacial score (nSPS) is 13.5. The van der Waals surface area contributed by atoms with E-state index < -0.39 is 6.09 Å². The van der Waals surface area contributed by atoms with Crippen LogP contribution in [0.1, 0.15) is 11.3 Å². The molecule has 8 nitrogen and oxygen atoms in total. The summed E-state index contributed by atoms with van der Waals surface area (Å²) >= 11 is 0. The first-order chi connectivity index (χ1) is 15.0. The molecule has 0 radical (unpaired) electrons. The Morgan fingerprint density at radius 2 is 1.87 bits per heavy atom. The highest BCUT2D eigenvalue weighted by atomic mass is 19.1. The third kappa shape index (κ3) is 4.88. The highest BCUT2D eigenvalue weighted by Crippen LogP contribution is 2.21. The van der Waals surface area contributed by atoms with E-state index in [4.69, 9.17) is 0 Å². The van der Waals surface area contributed by atoms with Crippen molar-refractivity contribution >= 4 is 12.0 Å². The van der Waals surface area contributed by atoms with Gasteiger partial charge in [-0.05, 0) is 35.9 Å². The van der Waals surface area contributed by atoms with Crippen LogP contribution in [0.5, 0.6) is 0 Å². The van der Waals surface area contributed by atoms with Gasteiger partial charge in [0.1, 0.15) is 12.4 Å². The van der Waals surface area contributed by atoms with Gasteiger partial charge in [0.05, 0.1) is 18.8 Å². The first kappa shape index (κ1) is 20.5. The summed E-state index contributed by atoms with van der Waals surface area (Å²) in [6, 6.07) is 11.8. The minimum atomic E-state index is -0.507. The fourth-order valence-corrected chi connectivity index (χ4v) is 3.44. The Bertz CT molecular complexity index is 1060. The number of carbonyl (C=O) groups is 2. The third-order valence-electron chi connectivity index (χ3n) is 5.16. The quantitative estimate of drug-likeness (QED) is 0.657. The molecule has 0 unspecified atom stereocenters. The average molecular weight is 423 g/mol. The number of carbonyl (C=O) groups excluding carboxylic acids is 2. The van der Waals surface area contributed by atoms with E-state index in [1.165, 1.54) is 19.2 Å². The number of ether oxygens (including phenoxy) is 1. The maximum absolute atomic E-state index is 13.3. The molecule has 1 saturated heterocycles. The van der Waals surface area contributed by atoms with E-state index in [0.29, 0.717) is 19.5 Å². The summed E-state index contributed by atoms with van der Waals surface area (Å²) < 4.78 is 19.5. The number of likely N-dealkylation sites (tertiary alicyclic amines) is 1. The van der Waals surface area contributed by atoms with E-state index in [0.717, 1.165) is 22.5 Å². The Balaban J connectivity index is 1.50. The van der Waals surface area contributed by atoms with Crippen LogP contribution in [0.15, 0.2) is 54.9 Å². The van der Waals surface area contributed by atoms with Crippen LogP contribution in [-0.4, -0.2) is 57.9 Å². The van der Waals surface area contributed by atoms with Crippen molar-refractivity contribution in [1.82, 2.24) is 25.0 Å². The fourth-order valence-electron chi connectivity index (χ4n) is 3.44. The van der Waals surface area contributed by atoms with Crippen LogP contribution < -0.4 is 5.32 Å². The van der Waals surface area contributed by atoms with Gasteiger partial charge in [-0.15, -0.1) is 0 Å². The number of benzene rings is 1. The van der Waals surface area contributed by atoms with Crippen molar-refractivity contribution in [2.24, 2.45) is 0 Å². The summed E-state index contributed by atoms with van der Waals surface area (Å²) in [5, 5.41) is 7.31. The van der Waals surface area contributed by atoms with Gasteiger partial charge in [-0.2, -0.15) is 5.10 Å². The molecule has 0 atom stereocenters. The molecule has 3 aromatic rings. The first-order valence-corrected chi connectivity index (χ1v) is 9.85. The molecule has 0 aliphatic carbocycles. The number of aromatic nitrogens is 3. The lowest BCUT2D eigenvalue weighted by Gasteiger charge is -2.39. The number of nitrogens with zero attached hydrogens (tertiary/aromatic N) is 4. The molecular formula is C22H22FN5O3. The maximum atomic E-state index is 13.3. The second-order valence-electron chi connectivity index (χ2n) is 7.35. The number of halogens is 1. The highest BCUT2D eigenvalue weighted by molar-refractivity contribution is 5.78. The Morgan fingerprint density at radius 1 is 1.16 bits per heavy atom. The lowest BCUT2D eigenvalue weighted by molar-refractivity contribution is -0.136. The summed E-state index contributed by atoms with van der Waals surface area (Å²) in [4.78, 5) is 29.7. The highest BCUT2D eigenvalue weighted by Gasteiger charge is 2.32. The lowest BCUT2D eigenvalue weighted by atomic mass is 10.1. The number of rotatable bonds is 6. The minimum Gasteiger partial charge on any atom is -0.453 e. The van der Waals surface area contributed by atoms with Gasteiger partial charge in [0, 0.05) is 43.2 Å². The van der Waals surface area contributed by atoms with E-state index in [-0.39, 0.29) is 24.3 Å². The molecule has 1 aliphatic heterocycles.